The number of amides is 1. The van der Waals surface area contributed by atoms with Crippen LogP contribution in [0.25, 0.3) is 0 Å². The van der Waals surface area contributed by atoms with Gasteiger partial charge < -0.3 is 9.64 Å². The van der Waals surface area contributed by atoms with Gasteiger partial charge in [0.2, 0.25) is 5.91 Å². The zero-order valence-corrected chi connectivity index (χ0v) is 15.8. The van der Waals surface area contributed by atoms with Gasteiger partial charge in [-0.15, -0.1) is 0 Å². The fraction of sp³-hybridized carbons (Fsp3) is 0.632. The molecule has 2 aliphatic heterocycles. The standard InChI is InChI=1S/C19H28N2O2S/c1-14(2)10-21-18(22)8-9-19(21)13-20(17(19)12-24)11-15-4-6-16(23-3)7-5-15/h4-7,14,17,24H,8-13H2,1-3H3. The molecule has 1 aromatic rings. The van der Waals surface area contributed by atoms with Crippen LogP contribution in [0.1, 0.15) is 32.3 Å². The monoisotopic (exact) mass is 348 g/mol. The lowest BCUT2D eigenvalue weighted by Crippen LogP contribution is -2.75. The van der Waals surface area contributed by atoms with E-state index in [9.17, 15) is 4.79 Å². The second-order valence-electron chi connectivity index (χ2n) is 7.45. The van der Waals surface area contributed by atoms with Gasteiger partial charge in [-0.2, -0.15) is 12.6 Å². The lowest BCUT2D eigenvalue weighted by molar-refractivity contribution is -0.144. The number of hydrogen-bond acceptors (Lipinski definition) is 4. The number of methoxy groups -OCH3 is 1. The molecule has 4 nitrogen and oxygen atoms in total. The Kier molecular flexibility index (Phi) is 5.11. The maximum atomic E-state index is 12.4. The Hall–Kier alpha value is -1.20. The summed E-state index contributed by atoms with van der Waals surface area (Å²) in [6.45, 7) is 7.09. The Bertz CT molecular complexity index is 590. The summed E-state index contributed by atoms with van der Waals surface area (Å²) in [5.41, 5.74) is 1.28. The number of benzene rings is 1. The summed E-state index contributed by atoms with van der Waals surface area (Å²) in [7, 11) is 1.69. The van der Waals surface area contributed by atoms with E-state index < -0.39 is 0 Å². The molecule has 2 heterocycles. The molecule has 132 valence electrons. The number of carbonyl (C=O) groups is 1. The van der Waals surface area contributed by atoms with Crippen LogP contribution in [0.4, 0.5) is 0 Å². The highest BCUT2D eigenvalue weighted by molar-refractivity contribution is 7.80. The quantitative estimate of drug-likeness (QED) is 0.803. The van der Waals surface area contributed by atoms with Gasteiger partial charge in [0.05, 0.1) is 12.6 Å². The maximum absolute atomic E-state index is 12.4. The molecule has 0 radical (unpaired) electrons. The first kappa shape index (κ1) is 17.6. The molecular formula is C19H28N2O2S. The maximum Gasteiger partial charge on any atom is 0.223 e. The van der Waals surface area contributed by atoms with E-state index in [0.29, 0.717) is 24.3 Å². The molecule has 1 aromatic carbocycles. The smallest absolute Gasteiger partial charge is 0.223 e. The third-order valence-corrected chi connectivity index (χ3v) is 5.76. The molecule has 2 saturated heterocycles. The van der Waals surface area contributed by atoms with Gasteiger partial charge >= 0.3 is 0 Å². The van der Waals surface area contributed by atoms with Gasteiger partial charge in [-0.3, -0.25) is 9.69 Å². The van der Waals surface area contributed by atoms with Crippen LogP contribution in [-0.2, 0) is 11.3 Å². The highest BCUT2D eigenvalue weighted by Gasteiger charge is 2.59. The molecule has 2 fully saturated rings. The van der Waals surface area contributed by atoms with Gasteiger partial charge in [-0.05, 0) is 30.0 Å². The Morgan fingerprint density at radius 1 is 1.33 bits per heavy atom. The van der Waals surface area contributed by atoms with E-state index in [-0.39, 0.29) is 5.54 Å². The summed E-state index contributed by atoms with van der Waals surface area (Å²) in [4.78, 5) is 17.0. The van der Waals surface area contributed by atoms with Crippen LogP contribution in [0.2, 0.25) is 0 Å². The van der Waals surface area contributed by atoms with Gasteiger partial charge in [-0.1, -0.05) is 26.0 Å². The van der Waals surface area contributed by atoms with Crippen molar-refractivity contribution in [2.75, 3.05) is 26.0 Å². The van der Waals surface area contributed by atoms with Crippen molar-refractivity contribution in [2.45, 2.75) is 44.8 Å². The summed E-state index contributed by atoms with van der Waals surface area (Å²) in [6, 6.07) is 8.58. The van der Waals surface area contributed by atoms with Crippen molar-refractivity contribution >= 4 is 18.5 Å². The lowest BCUT2D eigenvalue weighted by atomic mass is 9.77. The first-order valence-electron chi connectivity index (χ1n) is 8.78. The van der Waals surface area contributed by atoms with E-state index in [4.69, 9.17) is 4.74 Å². The minimum absolute atomic E-state index is 0.00950. The van der Waals surface area contributed by atoms with Gasteiger partial charge in [0.15, 0.2) is 0 Å². The fourth-order valence-electron chi connectivity index (χ4n) is 4.21. The number of hydrogen-bond donors (Lipinski definition) is 1. The second-order valence-corrected chi connectivity index (χ2v) is 7.82. The molecule has 2 aliphatic rings. The van der Waals surface area contributed by atoms with Crippen molar-refractivity contribution in [3.63, 3.8) is 0 Å². The van der Waals surface area contributed by atoms with Crippen LogP contribution < -0.4 is 4.74 Å². The van der Waals surface area contributed by atoms with Crippen molar-refractivity contribution in [3.05, 3.63) is 29.8 Å². The van der Waals surface area contributed by atoms with E-state index in [0.717, 1.165) is 37.6 Å². The Morgan fingerprint density at radius 2 is 2.04 bits per heavy atom. The SMILES string of the molecule is COc1ccc(CN2CC3(CCC(=O)N3CC(C)C)C2CS)cc1. The molecule has 3 rings (SSSR count). The number of carbonyl (C=O) groups excluding carboxylic acids is 1. The molecule has 2 unspecified atom stereocenters. The number of ether oxygens (including phenoxy) is 1. The molecule has 0 aromatic heterocycles. The Balaban J connectivity index is 1.71. The van der Waals surface area contributed by atoms with Gasteiger partial charge in [-0.25, -0.2) is 0 Å². The van der Waals surface area contributed by atoms with E-state index >= 15 is 0 Å². The van der Waals surface area contributed by atoms with Gasteiger partial charge in [0.1, 0.15) is 5.75 Å². The number of likely N-dealkylation sites (tertiary alicyclic amines) is 2. The molecule has 5 heteroatoms. The van der Waals surface area contributed by atoms with Crippen molar-refractivity contribution in [3.8, 4) is 5.75 Å². The van der Waals surface area contributed by atoms with Crippen LogP contribution >= 0.6 is 12.6 Å². The Labute approximate surface area is 150 Å². The summed E-state index contributed by atoms with van der Waals surface area (Å²) >= 11 is 4.61. The Morgan fingerprint density at radius 3 is 2.62 bits per heavy atom. The highest BCUT2D eigenvalue weighted by atomic mass is 32.1. The first-order chi connectivity index (χ1) is 11.5. The molecule has 24 heavy (non-hydrogen) atoms. The average Bonchev–Trinajstić information content (AvgIpc) is 2.86. The van der Waals surface area contributed by atoms with Crippen LogP contribution in [-0.4, -0.2) is 53.2 Å². The van der Waals surface area contributed by atoms with Crippen LogP contribution in [0.15, 0.2) is 24.3 Å². The summed E-state index contributed by atoms with van der Waals surface area (Å²) < 4.78 is 5.23. The second kappa shape index (κ2) is 6.96. The van der Waals surface area contributed by atoms with E-state index in [2.05, 4.69) is 48.4 Å². The topological polar surface area (TPSA) is 32.8 Å². The molecule has 2 atom stereocenters. The average molecular weight is 349 g/mol. The third kappa shape index (κ3) is 3.04. The zero-order valence-electron chi connectivity index (χ0n) is 14.9. The number of thiol groups is 1. The van der Waals surface area contributed by atoms with Crippen LogP contribution in [0.5, 0.6) is 5.75 Å². The van der Waals surface area contributed by atoms with Crippen molar-refractivity contribution < 1.29 is 9.53 Å². The zero-order chi connectivity index (χ0) is 17.3. The van der Waals surface area contributed by atoms with E-state index in [1.807, 2.05) is 12.1 Å². The minimum Gasteiger partial charge on any atom is -0.497 e. The number of nitrogens with zero attached hydrogens (tertiary/aromatic N) is 2. The van der Waals surface area contributed by atoms with Crippen molar-refractivity contribution in [1.29, 1.82) is 0 Å². The molecule has 0 bridgehead atoms. The van der Waals surface area contributed by atoms with Crippen LogP contribution in [0.3, 0.4) is 0 Å². The fourth-order valence-corrected chi connectivity index (χ4v) is 4.78. The lowest BCUT2D eigenvalue weighted by Gasteiger charge is -2.59. The van der Waals surface area contributed by atoms with Gasteiger partial charge in [0.25, 0.3) is 0 Å². The predicted molar refractivity (Wildman–Crippen MR) is 99.6 cm³/mol. The van der Waals surface area contributed by atoms with Crippen molar-refractivity contribution in [2.24, 2.45) is 5.92 Å². The van der Waals surface area contributed by atoms with E-state index in [1.165, 1.54) is 5.56 Å². The largest absolute Gasteiger partial charge is 0.497 e. The first-order valence-corrected chi connectivity index (χ1v) is 9.41. The molecule has 0 saturated carbocycles. The van der Waals surface area contributed by atoms with Gasteiger partial charge in [0, 0.05) is 37.8 Å². The predicted octanol–water partition coefficient (Wildman–Crippen LogP) is 2.83. The summed E-state index contributed by atoms with van der Waals surface area (Å²) in [6.07, 6.45) is 1.66. The minimum atomic E-state index is 0.00950. The normalized spacial score (nSPS) is 27.1. The molecule has 1 amide bonds. The third-order valence-electron chi connectivity index (χ3n) is 5.41. The number of rotatable bonds is 6. The highest BCUT2D eigenvalue weighted by Crippen LogP contribution is 2.45. The molecule has 0 aliphatic carbocycles. The molecular weight excluding hydrogens is 320 g/mol. The summed E-state index contributed by atoms with van der Waals surface area (Å²) in [5.74, 6) is 2.49. The van der Waals surface area contributed by atoms with E-state index in [1.54, 1.807) is 7.11 Å². The van der Waals surface area contributed by atoms with Crippen LogP contribution in [0, 0.1) is 5.92 Å². The van der Waals surface area contributed by atoms with Crippen molar-refractivity contribution in [1.82, 2.24) is 9.80 Å². The summed E-state index contributed by atoms with van der Waals surface area (Å²) in [5, 5.41) is 0. The molecule has 1 spiro atoms. The molecule has 0 N–H and O–H groups in total.